The number of carbonyl (C=O) groups is 2. The Morgan fingerprint density at radius 3 is 2.50 bits per heavy atom. The molecule has 1 saturated heterocycles. The van der Waals surface area contributed by atoms with Crippen molar-refractivity contribution in [3.8, 4) is 11.5 Å². The van der Waals surface area contributed by atoms with E-state index in [0.717, 1.165) is 4.90 Å². The lowest BCUT2D eigenvalue weighted by atomic mass is 9.93. The van der Waals surface area contributed by atoms with Gasteiger partial charge in [-0.05, 0) is 43.2 Å². The summed E-state index contributed by atoms with van der Waals surface area (Å²) in [6.07, 6.45) is 0. The number of Topliss-reactive ketones (excluding diaryl/α,β-unsaturated/α-hetero) is 1. The number of nitrogens with one attached hydrogen (secondary N) is 1. The molecule has 1 amide bonds. The van der Waals surface area contributed by atoms with E-state index in [9.17, 15) is 14.7 Å². The number of para-hydroxylation sites is 1. The normalized spacial score (nSPS) is 17.8. The second-order valence-corrected chi connectivity index (χ2v) is 8.08. The molecule has 1 aliphatic heterocycles. The predicted octanol–water partition coefficient (Wildman–Crippen LogP) is 0.771. The Balaban J connectivity index is 2.21. The highest BCUT2D eigenvalue weighted by molar-refractivity contribution is 6.46. The fraction of sp³-hybridized carbons (Fsp3) is 0.360. The number of nitrogens with zero attached hydrogens (tertiary/aromatic N) is 1. The summed E-state index contributed by atoms with van der Waals surface area (Å²) >= 11 is 0. The van der Waals surface area contributed by atoms with Crippen molar-refractivity contribution in [3.63, 3.8) is 0 Å². The number of ketones is 1. The van der Waals surface area contributed by atoms with E-state index in [-0.39, 0.29) is 5.57 Å². The molecule has 7 nitrogen and oxygen atoms in total. The molecule has 2 aromatic carbocycles. The number of methoxy groups -OCH3 is 1. The molecule has 0 spiro atoms. The summed E-state index contributed by atoms with van der Waals surface area (Å²) in [5.74, 6) is -0.681. The highest BCUT2D eigenvalue weighted by atomic mass is 16.5. The monoisotopic (exact) mass is 438 g/mol. The maximum absolute atomic E-state index is 13.6. The van der Waals surface area contributed by atoms with Crippen LogP contribution in [-0.2, 0) is 9.59 Å². The van der Waals surface area contributed by atoms with Gasteiger partial charge in [-0.2, -0.15) is 0 Å². The third-order valence-corrected chi connectivity index (χ3v) is 5.57. The van der Waals surface area contributed by atoms with E-state index >= 15 is 0 Å². The first kappa shape index (κ1) is 23.3. The second-order valence-electron chi connectivity index (χ2n) is 8.08. The van der Waals surface area contributed by atoms with Crippen LogP contribution in [0.25, 0.3) is 5.76 Å². The minimum Gasteiger partial charge on any atom is -0.872 e. The standard InChI is InChI=1S/C25H30N2O5/c1-6-32-20-10-8-7-9-19(20)22-21(24(29)25(30)27(22)14-13-26(3)4)23(28)18-12-11-17(31-5)15-16(18)2/h7-12,15,22,28H,6,13-14H2,1-5H3/b23-21+. The van der Waals surface area contributed by atoms with Crippen LogP contribution in [0, 0.1) is 6.92 Å². The van der Waals surface area contributed by atoms with Crippen LogP contribution in [0.2, 0.25) is 0 Å². The SMILES string of the molecule is CCOc1ccccc1C1/C(=C(\[O-])c2ccc(OC)cc2C)C(=O)C(=O)N1CC[NH+](C)C. The third kappa shape index (κ3) is 4.48. The average Bonchev–Trinajstić information content (AvgIpc) is 3.02. The molecule has 1 unspecified atom stereocenters. The lowest BCUT2D eigenvalue weighted by Crippen LogP contribution is -3.06. The van der Waals surface area contributed by atoms with Crippen LogP contribution in [0.1, 0.15) is 29.7 Å². The van der Waals surface area contributed by atoms with Gasteiger partial charge in [-0.1, -0.05) is 30.0 Å². The molecule has 0 aliphatic carbocycles. The van der Waals surface area contributed by atoms with E-state index < -0.39 is 23.5 Å². The molecule has 1 heterocycles. The van der Waals surface area contributed by atoms with Gasteiger partial charge in [0.1, 0.15) is 11.5 Å². The van der Waals surface area contributed by atoms with Gasteiger partial charge >= 0.3 is 0 Å². The van der Waals surface area contributed by atoms with Crippen molar-refractivity contribution in [2.75, 3.05) is 40.9 Å². The van der Waals surface area contributed by atoms with Crippen LogP contribution in [0.5, 0.6) is 11.5 Å². The molecule has 32 heavy (non-hydrogen) atoms. The van der Waals surface area contributed by atoms with E-state index in [1.807, 2.05) is 39.2 Å². The first-order valence-electron chi connectivity index (χ1n) is 10.7. The van der Waals surface area contributed by atoms with E-state index in [1.54, 1.807) is 38.3 Å². The molecule has 7 heteroatoms. The number of rotatable bonds is 8. The Kier molecular flexibility index (Phi) is 7.20. The van der Waals surface area contributed by atoms with E-state index in [2.05, 4.69) is 0 Å². The molecule has 3 rings (SSSR count). The minimum atomic E-state index is -0.800. The number of aryl methyl sites for hydroxylation is 1. The van der Waals surface area contributed by atoms with Gasteiger partial charge in [0.05, 0.1) is 46.9 Å². The van der Waals surface area contributed by atoms with Crippen molar-refractivity contribution in [1.82, 2.24) is 4.90 Å². The number of carbonyl (C=O) groups excluding carboxylic acids is 2. The average molecular weight is 439 g/mol. The Morgan fingerprint density at radius 1 is 1.16 bits per heavy atom. The van der Waals surface area contributed by atoms with Gasteiger partial charge in [-0.3, -0.25) is 9.59 Å². The summed E-state index contributed by atoms with van der Waals surface area (Å²) in [4.78, 5) is 28.8. The Morgan fingerprint density at radius 2 is 1.88 bits per heavy atom. The summed E-state index contributed by atoms with van der Waals surface area (Å²) in [5.41, 5.74) is 1.65. The summed E-state index contributed by atoms with van der Waals surface area (Å²) < 4.78 is 11.0. The van der Waals surface area contributed by atoms with Crippen molar-refractivity contribution in [2.24, 2.45) is 0 Å². The summed E-state index contributed by atoms with van der Waals surface area (Å²) in [5, 5.41) is 13.6. The van der Waals surface area contributed by atoms with Gasteiger partial charge in [0, 0.05) is 11.1 Å². The fourth-order valence-electron chi connectivity index (χ4n) is 3.92. The van der Waals surface area contributed by atoms with Gasteiger partial charge < -0.3 is 24.4 Å². The highest BCUT2D eigenvalue weighted by Gasteiger charge is 2.45. The lowest BCUT2D eigenvalue weighted by molar-refractivity contribution is -0.857. The van der Waals surface area contributed by atoms with Crippen molar-refractivity contribution in [2.45, 2.75) is 19.9 Å². The maximum Gasteiger partial charge on any atom is 0.295 e. The first-order chi connectivity index (χ1) is 15.3. The molecule has 0 saturated carbocycles. The minimum absolute atomic E-state index is 0.0378. The number of amides is 1. The number of quaternary nitrogens is 1. The Bertz CT molecular complexity index is 1040. The topological polar surface area (TPSA) is 83.3 Å². The Hall–Kier alpha value is -3.32. The van der Waals surface area contributed by atoms with Crippen molar-refractivity contribution >= 4 is 17.4 Å². The molecule has 0 aromatic heterocycles. The first-order valence-corrected chi connectivity index (χ1v) is 10.7. The largest absolute Gasteiger partial charge is 0.872 e. The van der Waals surface area contributed by atoms with Gasteiger partial charge in [-0.15, -0.1) is 0 Å². The van der Waals surface area contributed by atoms with Crippen LogP contribution in [-0.4, -0.2) is 57.5 Å². The number of hydrogen-bond donors (Lipinski definition) is 1. The van der Waals surface area contributed by atoms with E-state index in [0.29, 0.717) is 47.9 Å². The quantitative estimate of drug-likeness (QED) is 0.374. The summed E-state index contributed by atoms with van der Waals surface area (Å²) in [6.45, 7) is 5.05. The zero-order valence-corrected chi connectivity index (χ0v) is 19.2. The van der Waals surface area contributed by atoms with E-state index in [1.165, 1.54) is 4.90 Å². The second kappa shape index (κ2) is 9.87. The molecule has 2 aromatic rings. The third-order valence-electron chi connectivity index (χ3n) is 5.57. The van der Waals surface area contributed by atoms with Crippen LogP contribution in [0.4, 0.5) is 0 Å². The molecule has 0 bridgehead atoms. The molecule has 1 aliphatic rings. The van der Waals surface area contributed by atoms with Gasteiger partial charge in [0.2, 0.25) is 5.78 Å². The lowest BCUT2D eigenvalue weighted by Gasteiger charge is -2.29. The van der Waals surface area contributed by atoms with E-state index in [4.69, 9.17) is 9.47 Å². The number of benzene rings is 2. The molecular weight excluding hydrogens is 408 g/mol. The van der Waals surface area contributed by atoms with Crippen molar-refractivity contribution < 1.29 is 29.1 Å². The number of hydrogen-bond acceptors (Lipinski definition) is 5. The summed E-state index contributed by atoms with van der Waals surface area (Å²) in [7, 11) is 5.50. The van der Waals surface area contributed by atoms with Crippen LogP contribution in [0.15, 0.2) is 48.0 Å². The van der Waals surface area contributed by atoms with Crippen molar-refractivity contribution in [1.29, 1.82) is 0 Å². The smallest absolute Gasteiger partial charge is 0.295 e. The maximum atomic E-state index is 13.6. The molecule has 1 fully saturated rings. The van der Waals surface area contributed by atoms with Crippen LogP contribution in [0.3, 0.4) is 0 Å². The Labute approximate surface area is 188 Å². The molecular formula is C25H30N2O5. The van der Waals surface area contributed by atoms with Crippen LogP contribution >= 0.6 is 0 Å². The van der Waals surface area contributed by atoms with Crippen LogP contribution < -0.4 is 19.5 Å². The number of likely N-dealkylation sites (tertiary alicyclic amines) is 1. The predicted molar refractivity (Wildman–Crippen MR) is 119 cm³/mol. The zero-order chi connectivity index (χ0) is 23.4. The zero-order valence-electron chi connectivity index (χ0n) is 19.2. The number of ether oxygens (including phenoxy) is 2. The van der Waals surface area contributed by atoms with Gasteiger partial charge in [0.15, 0.2) is 0 Å². The number of likely N-dealkylation sites (N-methyl/N-ethyl adjacent to an activating group) is 1. The molecule has 1 N–H and O–H groups in total. The molecule has 1 atom stereocenters. The van der Waals surface area contributed by atoms with Crippen molar-refractivity contribution in [3.05, 3.63) is 64.7 Å². The molecule has 0 radical (unpaired) electrons. The van der Waals surface area contributed by atoms with Gasteiger partial charge in [-0.25, -0.2) is 0 Å². The fourth-order valence-corrected chi connectivity index (χ4v) is 3.92. The highest BCUT2D eigenvalue weighted by Crippen LogP contribution is 2.42. The molecule has 170 valence electrons. The summed E-state index contributed by atoms with van der Waals surface area (Å²) in [6, 6.07) is 11.5. The van der Waals surface area contributed by atoms with Gasteiger partial charge in [0.25, 0.3) is 5.91 Å².